The average Bonchev–Trinajstić information content (AvgIpc) is 2.42. The third kappa shape index (κ3) is 7.72. The maximum absolute atomic E-state index is 11.7. The molecule has 0 spiro atoms. The number of nitrogens with one attached hydrogen (secondary N) is 1. The summed E-state index contributed by atoms with van der Waals surface area (Å²) >= 11 is 1.38. The first-order chi connectivity index (χ1) is 9.99. The third-order valence-electron chi connectivity index (χ3n) is 2.80. The molecule has 0 aliphatic carbocycles. The molecule has 1 aromatic rings. The van der Waals surface area contributed by atoms with Crippen LogP contribution in [0.15, 0.2) is 24.3 Å². The van der Waals surface area contributed by atoms with Gasteiger partial charge < -0.3 is 16.0 Å². The Morgan fingerprint density at radius 2 is 1.90 bits per heavy atom. The van der Waals surface area contributed by atoms with Gasteiger partial charge in [-0.05, 0) is 25.2 Å². The molecule has 1 aromatic carbocycles. The highest BCUT2D eigenvalue weighted by atomic mass is 32.2. The summed E-state index contributed by atoms with van der Waals surface area (Å²) in [6, 6.07) is 8.08. The number of rotatable bonds is 9. The molecule has 2 amide bonds. The quantitative estimate of drug-likeness (QED) is 0.667. The topological polar surface area (TPSA) is 75.4 Å². The first-order valence-electron chi connectivity index (χ1n) is 6.83. The number of nitrogens with two attached hydrogens (primary N) is 1. The van der Waals surface area contributed by atoms with Gasteiger partial charge in [0.05, 0.1) is 5.75 Å². The number of primary amides is 1. The minimum Gasteiger partial charge on any atom is -0.369 e. The SMILES string of the molecule is CN(C)Cc1ccccc1CNC(=O)CCSCC(N)=O. The summed E-state index contributed by atoms with van der Waals surface area (Å²) in [5, 5.41) is 2.91. The first-order valence-corrected chi connectivity index (χ1v) is 7.98. The number of amides is 2. The van der Waals surface area contributed by atoms with Crippen LogP contribution in [0.25, 0.3) is 0 Å². The fourth-order valence-corrected chi connectivity index (χ4v) is 2.52. The fourth-order valence-electron chi connectivity index (χ4n) is 1.84. The monoisotopic (exact) mass is 309 g/mol. The number of carbonyl (C=O) groups is 2. The molecule has 0 bridgehead atoms. The Kier molecular flexibility index (Phi) is 7.85. The second-order valence-corrected chi connectivity index (χ2v) is 6.16. The van der Waals surface area contributed by atoms with Crippen molar-refractivity contribution in [2.24, 2.45) is 5.73 Å². The molecular formula is C15H23N3O2S. The van der Waals surface area contributed by atoms with Gasteiger partial charge in [0, 0.05) is 25.3 Å². The van der Waals surface area contributed by atoms with Crippen LogP contribution in [0, 0.1) is 0 Å². The highest BCUT2D eigenvalue weighted by Crippen LogP contribution is 2.10. The van der Waals surface area contributed by atoms with Gasteiger partial charge in [0.2, 0.25) is 11.8 Å². The molecular weight excluding hydrogens is 286 g/mol. The van der Waals surface area contributed by atoms with Crippen molar-refractivity contribution in [2.45, 2.75) is 19.5 Å². The molecule has 116 valence electrons. The Hall–Kier alpha value is -1.53. The lowest BCUT2D eigenvalue weighted by molar-refractivity contribution is -0.121. The Balaban J connectivity index is 2.37. The van der Waals surface area contributed by atoms with Crippen LogP contribution < -0.4 is 11.1 Å². The summed E-state index contributed by atoms with van der Waals surface area (Å²) in [6.45, 7) is 1.38. The van der Waals surface area contributed by atoms with Crippen LogP contribution in [0.2, 0.25) is 0 Å². The lowest BCUT2D eigenvalue weighted by atomic mass is 10.1. The van der Waals surface area contributed by atoms with Gasteiger partial charge in [-0.2, -0.15) is 11.8 Å². The molecule has 0 unspecified atom stereocenters. The van der Waals surface area contributed by atoms with Gasteiger partial charge in [-0.25, -0.2) is 0 Å². The van der Waals surface area contributed by atoms with Crippen molar-refractivity contribution < 1.29 is 9.59 Å². The van der Waals surface area contributed by atoms with Crippen LogP contribution in [0.3, 0.4) is 0 Å². The molecule has 3 N–H and O–H groups in total. The first kappa shape index (κ1) is 17.5. The van der Waals surface area contributed by atoms with Crippen LogP contribution in [0.4, 0.5) is 0 Å². The second kappa shape index (κ2) is 9.41. The summed E-state index contributed by atoms with van der Waals surface area (Å²) < 4.78 is 0. The van der Waals surface area contributed by atoms with Gasteiger partial charge in [-0.15, -0.1) is 0 Å². The van der Waals surface area contributed by atoms with E-state index in [0.717, 1.165) is 12.1 Å². The number of carbonyl (C=O) groups excluding carboxylic acids is 2. The molecule has 1 rings (SSSR count). The van der Waals surface area contributed by atoms with Gasteiger partial charge in [0.25, 0.3) is 0 Å². The van der Waals surface area contributed by atoms with Crippen LogP contribution in [0.5, 0.6) is 0 Å². The fraction of sp³-hybridized carbons (Fsp3) is 0.467. The Morgan fingerprint density at radius 3 is 2.52 bits per heavy atom. The maximum atomic E-state index is 11.7. The van der Waals surface area contributed by atoms with Gasteiger partial charge in [-0.3, -0.25) is 9.59 Å². The summed E-state index contributed by atoms with van der Waals surface area (Å²) in [4.78, 5) is 24.4. The highest BCUT2D eigenvalue weighted by molar-refractivity contribution is 7.99. The van der Waals surface area contributed by atoms with Crippen LogP contribution >= 0.6 is 11.8 Å². The van der Waals surface area contributed by atoms with E-state index in [1.807, 2.05) is 32.3 Å². The predicted molar refractivity (Wildman–Crippen MR) is 86.8 cm³/mol. The molecule has 21 heavy (non-hydrogen) atoms. The minimum absolute atomic E-state index is 0.00775. The van der Waals surface area contributed by atoms with E-state index in [1.54, 1.807) is 0 Å². The summed E-state index contributed by atoms with van der Waals surface area (Å²) in [5.74, 6) is 0.511. The molecule has 0 saturated heterocycles. The lowest BCUT2D eigenvalue weighted by Crippen LogP contribution is -2.24. The Labute approximate surface area is 130 Å². The molecule has 6 heteroatoms. The van der Waals surface area contributed by atoms with E-state index in [2.05, 4.69) is 16.3 Å². The normalized spacial score (nSPS) is 10.6. The highest BCUT2D eigenvalue weighted by Gasteiger charge is 2.06. The molecule has 0 saturated carbocycles. The van der Waals surface area contributed by atoms with E-state index >= 15 is 0 Å². The molecule has 0 fully saturated rings. The predicted octanol–water partition coefficient (Wildman–Crippen LogP) is 0.973. The zero-order valence-corrected chi connectivity index (χ0v) is 13.4. The number of hydrogen-bond acceptors (Lipinski definition) is 4. The molecule has 5 nitrogen and oxygen atoms in total. The van der Waals surface area contributed by atoms with Gasteiger partial charge in [-0.1, -0.05) is 24.3 Å². The van der Waals surface area contributed by atoms with E-state index in [-0.39, 0.29) is 17.6 Å². The largest absolute Gasteiger partial charge is 0.369 e. The second-order valence-electron chi connectivity index (χ2n) is 5.05. The van der Waals surface area contributed by atoms with Crippen molar-refractivity contribution in [1.82, 2.24) is 10.2 Å². The van der Waals surface area contributed by atoms with Crippen molar-refractivity contribution in [3.8, 4) is 0 Å². The van der Waals surface area contributed by atoms with Crippen molar-refractivity contribution in [3.63, 3.8) is 0 Å². The number of thioether (sulfide) groups is 1. The van der Waals surface area contributed by atoms with E-state index in [1.165, 1.54) is 17.3 Å². The molecule has 0 atom stereocenters. The maximum Gasteiger partial charge on any atom is 0.227 e. The zero-order chi connectivity index (χ0) is 15.7. The number of benzene rings is 1. The van der Waals surface area contributed by atoms with E-state index in [9.17, 15) is 9.59 Å². The summed E-state index contributed by atoms with van der Waals surface area (Å²) in [6.07, 6.45) is 0.397. The lowest BCUT2D eigenvalue weighted by Gasteiger charge is -2.14. The minimum atomic E-state index is -0.349. The van der Waals surface area contributed by atoms with Gasteiger partial charge in [0.15, 0.2) is 0 Å². The van der Waals surface area contributed by atoms with Crippen molar-refractivity contribution >= 4 is 23.6 Å². The van der Waals surface area contributed by atoms with E-state index < -0.39 is 0 Å². The van der Waals surface area contributed by atoms with Gasteiger partial charge >= 0.3 is 0 Å². The standard InChI is InChI=1S/C15H23N3O2S/c1-18(2)10-13-6-4-3-5-12(13)9-17-15(20)7-8-21-11-14(16)19/h3-6H,7-11H2,1-2H3,(H2,16,19)(H,17,20). The zero-order valence-electron chi connectivity index (χ0n) is 12.6. The molecule has 0 radical (unpaired) electrons. The van der Waals surface area contributed by atoms with E-state index in [0.29, 0.717) is 18.7 Å². The van der Waals surface area contributed by atoms with Crippen molar-refractivity contribution in [3.05, 3.63) is 35.4 Å². The third-order valence-corrected chi connectivity index (χ3v) is 3.78. The molecule has 0 aromatic heterocycles. The van der Waals surface area contributed by atoms with Crippen LogP contribution in [0.1, 0.15) is 17.5 Å². The van der Waals surface area contributed by atoms with E-state index in [4.69, 9.17) is 5.73 Å². The summed E-state index contributed by atoms with van der Waals surface area (Å²) in [5.41, 5.74) is 7.38. The molecule has 0 aliphatic rings. The molecule has 0 heterocycles. The van der Waals surface area contributed by atoms with Gasteiger partial charge in [0.1, 0.15) is 0 Å². The van der Waals surface area contributed by atoms with Crippen LogP contribution in [-0.4, -0.2) is 42.3 Å². The average molecular weight is 309 g/mol. The Morgan fingerprint density at radius 1 is 1.24 bits per heavy atom. The number of hydrogen-bond donors (Lipinski definition) is 2. The van der Waals surface area contributed by atoms with Crippen molar-refractivity contribution in [2.75, 3.05) is 25.6 Å². The van der Waals surface area contributed by atoms with Crippen LogP contribution in [-0.2, 0) is 22.7 Å². The van der Waals surface area contributed by atoms with Crippen molar-refractivity contribution in [1.29, 1.82) is 0 Å². The Bertz CT molecular complexity index is 478. The number of nitrogens with zero attached hydrogens (tertiary/aromatic N) is 1. The smallest absolute Gasteiger partial charge is 0.227 e. The molecule has 0 aliphatic heterocycles. The summed E-state index contributed by atoms with van der Waals surface area (Å²) in [7, 11) is 4.04.